The number of rotatable bonds is 15. The number of para-hydroxylation sites is 1. The van der Waals surface area contributed by atoms with Crippen LogP contribution in [0.5, 0.6) is 0 Å². The zero-order valence-electron chi connectivity index (χ0n) is 52.8. The molecule has 3 saturated heterocycles. The summed E-state index contributed by atoms with van der Waals surface area (Å²) in [5.41, 5.74) is -0.195. The average molecular weight is 1240 g/mol. The molecule has 5 heterocycles. The van der Waals surface area contributed by atoms with Gasteiger partial charge < -0.3 is 49.6 Å². The maximum absolute atomic E-state index is 15.4. The number of halogens is 3. The van der Waals surface area contributed by atoms with Gasteiger partial charge >= 0.3 is 12.2 Å². The summed E-state index contributed by atoms with van der Waals surface area (Å²) in [4.78, 5) is 112. The molecular weight excluding hydrogens is 1150 g/mol. The van der Waals surface area contributed by atoms with E-state index in [1.165, 1.54) is 37.1 Å². The van der Waals surface area contributed by atoms with Crippen molar-refractivity contribution in [3.63, 3.8) is 0 Å². The van der Waals surface area contributed by atoms with Crippen LogP contribution < -0.4 is 20.9 Å². The molecule has 9 rings (SSSR count). The van der Waals surface area contributed by atoms with Crippen LogP contribution in [-0.4, -0.2) is 180 Å². The topological polar surface area (TPSA) is 212 Å². The van der Waals surface area contributed by atoms with E-state index in [-0.39, 0.29) is 73.9 Å². The third-order valence-corrected chi connectivity index (χ3v) is 17.5. The zero-order valence-corrected chi connectivity index (χ0v) is 52.8. The van der Waals surface area contributed by atoms with Gasteiger partial charge in [-0.15, -0.1) is 0 Å². The van der Waals surface area contributed by atoms with Crippen LogP contribution in [0.15, 0.2) is 78.9 Å². The molecule has 3 N–H and O–H groups in total. The van der Waals surface area contributed by atoms with Gasteiger partial charge in [-0.3, -0.25) is 38.7 Å². The fraction of sp³-hybridized carbons (Fsp3) is 0.530. The number of amides is 7. The molecule has 5 aliphatic rings. The predicted octanol–water partition coefficient (Wildman–Crippen LogP) is 8.16. The van der Waals surface area contributed by atoms with E-state index in [0.717, 1.165) is 34.2 Å². The van der Waals surface area contributed by atoms with Crippen molar-refractivity contribution in [2.75, 3.05) is 88.3 Å². The molecule has 20 nitrogen and oxygen atoms in total. The molecule has 7 amide bonds. The molecular formula is C66H84F3N9O11. The molecule has 480 valence electrons. The van der Waals surface area contributed by atoms with E-state index >= 15 is 23.2 Å². The van der Waals surface area contributed by atoms with Crippen LogP contribution in [0, 0.1) is 23.4 Å². The third-order valence-electron chi connectivity index (χ3n) is 17.5. The van der Waals surface area contributed by atoms with Gasteiger partial charge in [-0.25, -0.2) is 22.8 Å². The number of hydrogen-bond donors (Lipinski definition) is 3. The van der Waals surface area contributed by atoms with Crippen LogP contribution in [0.3, 0.4) is 0 Å². The first-order valence-corrected chi connectivity index (χ1v) is 30.6. The van der Waals surface area contributed by atoms with E-state index < -0.39 is 93.8 Å². The molecule has 0 aliphatic carbocycles. The number of hydrogen-bond acceptors (Lipinski definition) is 13. The Labute approximate surface area is 518 Å². The van der Waals surface area contributed by atoms with Gasteiger partial charge in [-0.2, -0.15) is 0 Å². The van der Waals surface area contributed by atoms with Crippen LogP contribution in [0.4, 0.5) is 39.8 Å². The maximum atomic E-state index is 15.4. The number of nitrogens with zero attached hydrogens (tertiary/aromatic N) is 6. The minimum absolute atomic E-state index is 0.0588. The van der Waals surface area contributed by atoms with Crippen LogP contribution >= 0.6 is 0 Å². The molecule has 0 saturated carbocycles. The Morgan fingerprint density at radius 3 is 2.11 bits per heavy atom. The molecule has 2 unspecified atom stereocenters. The van der Waals surface area contributed by atoms with Crippen molar-refractivity contribution < 1.29 is 65.7 Å². The van der Waals surface area contributed by atoms with Crippen LogP contribution in [-0.2, 0) is 61.3 Å². The van der Waals surface area contributed by atoms with Crippen molar-refractivity contribution in [2.45, 2.75) is 148 Å². The van der Waals surface area contributed by atoms with Gasteiger partial charge in [0.1, 0.15) is 52.5 Å². The predicted molar refractivity (Wildman–Crippen MR) is 327 cm³/mol. The molecule has 4 aromatic carbocycles. The molecule has 0 spiro atoms. The Kier molecular flexibility index (Phi) is 19.9. The number of fused-ring (bicyclic) bond motifs is 2. The summed E-state index contributed by atoms with van der Waals surface area (Å²) < 4.78 is 67.5. The lowest BCUT2D eigenvalue weighted by molar-refractivity contribution is -0.144. The second kappa shape index (κ2) is 26.8. The van der Waals surface area contributed by atoms with Gasteiger partial charge in [0.2, 0.25) is 23.6 Å². The van der Waals surface area contributed by atoms with Crippen LogP contribution in [0.2, 0.25) is 0 Å². The van der Waals surface area contributed by atoms with Crippen molar-refractivity contribution in [1.82, 2.24) is 29.8 Å². The van der Waals surface area contributed by atoms with Crippen LogP contribution in [0.1, 0.15) is 116 Å². The van der Waals surface area contributed by atoms with Gasteiger partial charge in [0.15, 0.2) is 0 Å². The van der Waals surface area contributed by atoms with E-state index in [0.29, 0.717) is 75.5 Å². The van der Waals surface area contributed by atoms with Gasteiger partial charge in [-0.05, 0) is 165 Å². The maximum Gasteiger partial charge on any atom is 0.410 e. The number of likely N-dealkylation sites (N-methyl/N-ethyl adjacent to an activating group) is 1. The minimum atomic E-state index is -1.56. The van der Waals surface area contributed by atoms with Crippen molar-refractivity contribution in [3.05, 3.63) is 124 Å². The second-order valence-corrected chi connectivity index (χ2v) is 26.5. The lowest BCUT2D eigenvalue weighted by atomic mass is 9.82. The Hall–Kier alpha value is -7.60. The number of anilines is 3. The highest BCUT2D eigenvalue weighted by Crippen LogP contribution is 2.44. The first-order chi connectivity index (χ1) is 42.0. The molecule has 23 heteroatoms. The Morgan fingerprint density at radius 1 is 0.775 bits per heavy atom. The molecule has 89 heavy (non-hydrogen) atoms. The monoisotopic (exact) mass is 1240 g/mol. The van der Waals surface area contributed by atoms with Crippen molar-refractivity contribution >= 4 is 58.8 Å². The summed E-state index contributed by atoms with van der Waals surface area (Å²) in [5, 5.41) is 8.30. The van der Waals surface area contributed by atoms with Gasteiger partial charge in [0.05, 0.1) is 25.2 Å². The highest BCUT2D eigenvalue weighted by Gasteiger charge is 2.49. The van der Waals surface area contributed by atoms with E-state index in [9.17, 15) is 23.6 Å². The Morgan fingerprint density at radius 2 is 1.45 bits per heavy atom. The summed E-state index contributed by atoms with van der Waals surface area (Å²) in [5.74, 6) is -6.17. The molecule has 0 bridgehead atoms. The standard InChI is InChI=1S/C66H84F3N9O11/c1-39-32-75(48(34-74-25-28-87-37-40(74)2)35-76(39)63(85)89-65(7,8)9)36-54(79)78-38-66(10,50-22-17-43(30-53(50)78)29-42-15-19-46(67)20-16-42)61(83)70-47-21-18-45-33-77(57(49(45)31-47)59(81)72-56-51(68)13-12-14-52(56)69)60(82)55(44-23-26-86-27-24-44)71-58(80)41(3)73(11)62(84)88-64(4,5)6/h12-22,30-31,39-41,44,48,55,57H,23-29,32-38H2,1-11H3,(H,70,83)(H,71,80)(H,72,81)/t39-,40-,41+,48+,55?,57+,66?/m1/s1. The fourth-order valence-corrected chi connectivity index (χ4v) is 12.4. The lowest BCUT2D eigenvalue weighted by Gasteiger charge is -2.47. The van der Waals surface area contributed by atoms with Crippen LogP contribution in [0.25, 0.3) is 0 Å². The lowest BCUT2D eigenvalue weighted by Crippen LogP contribution is -2.64. The van der Waals surface area contributed by atoms with Crippen molar-refractivity contribution in [2.24, 2.45) is 5.92 Å². The quantitative estimate of drug-likeness (QED) is 0.103. The zero-order chi connectivity index (χ0) is 64.4. The Balaban J connectivity index is 1.02. The summed E-state index contributed by atoms with van der Waals surface area (Å²) >= 11 is 0. The van der Waals surface area contributed by atoms with Crippen molar-refractivity contribution in [3.8, 4) is 0 Å². The number of carbonyl (C=O) groups is 7. The summed E-state index contributed by atoms with van der Waals surface area (Å²) in [6, 6.07) is 15.1. The molecule has 4 aromatic rings. The highest BCUT2D eigenvalue weighted by molar-refractivity contribution is 6.07. The normalized spacial score (nSPS) is 22.3. The van der Waals surface area contributed by atoms with E-state index in [2.05, 4.69) is 32.7 Å². The SMILES string of the molecule is C[C@@H]1COCCN1C[C@H]1CN(C(=O)OC(C)(C)C)[C@H](C)CN1CC(=O)N1CC(C)(C(=O)Nc2ccc3c(c2)[C@@H](C(=O)Nc2c(F)cccc2F)N(C(=O)C(NC(=O)[C@H](C)N(C)C(=O)OC(C)(C)C)C2CCOCC2)C3)c2ccc(Cc3ccc(F)cc3)cc21. The first kappa shape index (κ1) is 65.8. The third kappa shape index (κ3) is 15.2. The number of ether oxygens (including phenoxy) is 4. The van der Waals surface area contributed by atoms with E-state index in [4.69, 9.17) is 18.9 Å². The summed E-state index contributed by atoms with van der Waals surface area (Å²) in [6.45, 7) is 20.9. The second-order valence-electron chi connectivity index (χ2n) is 26.5. The number of piperazine rings is 1. The fourth-order valence-electron chi connectivity index (χ4n) is 12.4. The van der Waals surface area contributed by atoms with Gasteiger partial charge in [0.25, 0.3) is 5.91 Å². The van der Waals surface area contributed by atoms with E-state index in [1.54, 1.807) is 61.8 Å². The number of nitrogens with one attached hydrogen (secondary N) is 3. The highest BCUT2D eigenvalue weighted by atomic mass is 19.1. The first-order valence-electron chi connectivity index (χ1n) is 30.6. The smallest absolute Gasteiger partial charge is 0.410 e. The number of carbonyl (C=O) groups excluding carboxylic acids is 7. The molecule has 0 radical (unpaired) electrons. The van der Waals surface area contributed by atoms with Crippen molar-refractivity contribution in [1.29, 1.82) is 0 Å². The minimum Gasteiger partial charge on any atom is -0.444 e. The number of benzene rings is 4. The Bertz CT molecular complexity index is 3300. The van der Waals surface area contributed by atoms with E-state index in [1.807, 2.05) is 45.9 Å². The summed E-state index contributed by atoms with van der Waals surface area (Å²) in [6.07, 6.45) is -0.119. The van der Waals surface area contributed by atoms with Gasteiger partial charge in [0, 0.05) is 89.0 Å². The molecule has 3 fully saturated rings. The molecule has 0 aromatic heterocycles. The summed E-state index contributed by atoms with van der Waals surface area (Å²) in [7, 11) is 1.40. The molecule has 5 aliphatic heterocycles. The molecule has 7 atom stereocenters. The average Bonchev–Trinajstić information content (AvgIpc) is 1.64. The van der Waals surface area contributed by atoms with Gasteiger partial charge in [-0.1, -0.05) is 36.4 Å². The largest absolute Gasteiger partial charge is 0.444 e. The number of morpholine rings is 1.